The van der Waals surface area contributed by atoms with Crippen LogP contribution in [0.4, 0.5) is 0 Å². The maximum Gasteiger partial charge on any atom is 0.158 e. The summed E-state index contributed by atoms with van der Waals surface area (Å²) in [6.45, 7) is 8.45. The molecule has 0 bridgehead atoms. The second kappa shape index (κ2) is 5.40. The number of rotatable bonds is 6. The van der Waals surface area contributed by atoms with E-state index in [2.05, 4.69) is 28.2 Å². The molecule has 20 heavy (non-hydrogen) atoms. The lowest BCUT2D eigenvalue weighted by molar-refractivity contribution is 0.423. The summed E-state index contributed by atoms with van der Waals surface area (Å²) in [7, 11) is 0. The SMILES string of the molecule is CCn1nc(C)c2nc(CCCl)n(CC(C)C3CC3)c21. The molecule has 0 N–H and O–H groups in total. The average molecular weight is 295 g/mol. The first-order valence-electron chi connectivity index (χ1n) is 7.64. The summed E-state index contributed by atoms with van der Waals surface area (Å²) in [6, 6.07) is 0. The molecule has 2 aromatic heterocycles. The Kier molecular flexibility index (Phi) is 3.76. The van der Waals surface area contributed by atoms with Crippen molar-refractivity contribution in [1.82, 2.24) is 19.3 Å². The molecular weight excluding hydrogens is 272 g/mol. The van der Waals surface area contributed by atoms with Gasteiger partial charge in [0.1, 0.15) is 11.3 Å². The highest BCUT2D eigenvalue weighted by Crippen LogP contribution is 2.38. The van der Waals surface area contributed by atoms with Crippen LogP contribution < -0.4 is 0 Å². The summed E-state index contributed by atoms with van der Waals surface area (Å²) in [6.07, 6.45) is 3.60. The molecule has 1 aliphatic carbocycles. The molecule has 0 spiro atoms. The van der Waals surface area contributed by atoms with Crippen LogP contribution in [0, 0.1) is 18.8 Å². The van der Waals surface area contributed by atoms with E-state index in [-0.39, 0.29) is 0 Å². The summed E-state index contributed by atoms with van der Waals surface area (Å²) < 4.78 is 4.44. The Hall–Kier alpha value is -1.03. The number of aryl methyl sites for hydroxylation is 3. The standard InChI is InChI=1S/C15H23ClN4/c1-4-20-15-14(11(3)18-20)17-13(7-8-16)19(15)9-10(2)12-5-6-12/h10,12H,4-9H2,1-3H3. The number of fused-ring (bicyclic) bond motifs is 1. The van der Waals surface area contributed by atoms with Crippen LogP contribution in [0.15, 0.2) is 0 Å². The van der Waals surface area contributed by atoms with Crippen LogP contribution in [-0.4, -0.2) is 25.2 Å². The highest BCUT2D eigenvalue weighted by atomic mass is 35.5. The number of hydrogen-bond acceptors (Lipinski definition) is 2. The predicted octanol–water partition coefficient (Wildman–Crippen LogP) is 3.39. The monoisotopic (exact) mass is 294 g/mol. The number of aromatic nitrogens is 4. The van der Waals surface area contributed by atoms with Crippen LogP contribution in [0.2, 0.25) is 0 Å². The summed E-state index contributed by atoms with van der Waals surface area (Å²) in [5.41, 5.74) is 3.25. The normalized spacial score (nSPS) is 17.0. The van der Waals surface area contributed by atoms with E-state index < -0.39 is 0 Å². The van der Waals surface area contributed by atoms with Crippen molar-refractivity contribution in [2.45, 2.75) is 53.1 Å². The van der Waals surface area contributed by atoms with E-state index in [1.54, 1.807) is 0 Å². The van der Waals surface area contributed by atoms with Crippen molar-refractivity contribution < 1.29 is 0 Å². The summed E-state index contributed by atoms with van der Waals surface area (Å²) in [5, 5.41) is 4.60. The molecule has 5 heteroatoms. The van der Waals surface area contributed by atoms with Crippen LogP contribution in [0.25, 0.3) is 11.2 Å². The maximum absolute atomic E-state index is 5.95. The molecule has 0 aliphatic heterocycles. The van der Waals surface area contributed by atoms with Crippen molar-refractivity contribution in [1.29, 1.82) is 0 Å². The van der Waals surface area contributed by atoms with E-state index in [4.69, 9.17) is 16.6 Å². The second-order valence-corrected chi connectivity index (χ2v) is 6.34. The van der Waals surface area contributed by atoms with Gasteiger partial charge >= 0.3 is 0 Å². The van der Waals surface area contributed by atoms with Gasteiger partial charge in [-0.15, -0.1) is 11.6 Å². The van der Waals surface area contributed by atoms with E-state index in [9.17, 15) is 0 Å². The quantitative estimate of drug-likeness (QED) is 0.766. The first kappa shape index (κ1) is 13.9. The predicted molar refractivity (Wildman–Crippen MR) is 82.2 cm³/mol. The minimum atomic E-state index is 0.621. The van der Waals surface area contributed by atoms with Gasteiger partial charge in [0.2, 0.25) is 0 Å². The van der Waals surface area contributed by atoms with Crippen LogP contribution in [0.5, 0.6) is 0 Å². The van der Waals surface area contributed by atoms with E-state index in [1.165, 1.54) is 18.5 Å². The minimum Gasteiger partial charge on any atom is -0.313 e. The van der Waals surface area contributed by atoms with Gasteiger partial charge in [0.25, 0.3) is 0 Å². The van der Waals surface area contributed by atoms with Crippen LogP contribution in [0.1, 0.15) is 38.2 Å². The molecule has 0 amide bonds. The average Bonchev–Trinajstić information content (AvgIpc) is 3.16. The fourth-order valence-electron chi connectivity index (χ4n) is 3.06. The molecule has 4 nitrogen and oxygen atoms in total. The fraction of sp³-hybridized carbons (Fsp3) is 0.733. The van der Waals surface area contributed by atoms with Crippen molar-refractivity contribution >= 4 is 22.8 Å². The lowest BCUT2D eigenvalue weighted by Crippen LogP contribution is -2.15. The molecule has 1 unspecified atom stereocenters. The van der Waals surface area contributed by atoms with Gasteiger partial charge in [-0.05, 0) is 38.5 Å². The van der Waals surface area contributed by atoms with Crippen molar-refractivity contribution in [3.8, 4) is 0 Å². The number of imidazole rings is 1. The number of hydrogen-bond donors (Lipinski definition) is 0. The molecule has 1 fully saturated rings. The van der Waals surface area contributed by atoms with Gasteiger partial charge in [-0.3, -0.25) is 0 Å². The molecule has 2 aromatic rings. The number of nitrogens with zero attached hydrogens (tertiary/aromatic N) is 4. The molecule has 1 atom stereocenters. The van der Waals surface area contributed by atoms with Crippen molar-refractivity contribution in [2.24, 2.45) is 11.8 Å². The zero-order valence-electron chi connectivity index (χ0n) is 12.6. The Morgan fingerprint density at radius 1 is 1.40 bits per heavy atom. The number of halogens is 1. The Bertz CT molecular complexity index is 609. The topological polar surface area (TPSA) is 35.6 Å². The third-order valence-electron chi connectivity index (χ3n) is 4.39. The van der Waals surface area contributed by atoms with Gasteiger partial charge in [-0.2, -0.15) is 5.10 Å². The fourth-order valence-corrected chi connectivity index (χ4v) is 3.23. The minimum absolute atomic E-state index is 0.621. The lowest BCUT2D eigenvalue weighted by atomic mass is 10.1. The van der Waals surface area contributed by atoms with Gasteiger partial charge < -0.3 is 4.57 Å². The van der Waals surface area contributed by atoms with Crippen LogP contribution in [0.3, 0.4) is 0 Å². The molecule has 2 heterocycles. The summed E-state index contributed by atoms with van der Waals surface area (Å²) in [4.78, 5) is 4.80. The highest BCUT2D eigenvalue weighted by molar-refractivity contribution is 6.17. The van der Waals surface area contributed by atoms with Crippen LogP contribution >= 0.6 is 11.6 Å². The molecule has 0 saturated heterocycles. The zero-order chi connectivity index (χ0) is 14.3. The van der Waals surface area contributed by atoms with Gasteiger partial charge in [0.15, 0.2) is 5.65 Å². The summed E-state index contributed by atoms with van der Waals surface area (Å²) >= 11 is 5.95. The van der Waals surface area contributed by atoms with Gasteiger partial charge in [-0.25, -0.2) is 9.67 Å². The molecule has 110 valence electrons. The van der Waals surface area contributed by atoms with Crippen LogP contribution in [-0.2, 0) is 19.5 Å². The van der Waals surface area contributed by atoms with E-state index in [1.807, 2.05) is 6.92 Å². The van der Waals surface area contributed by atoms with E-state index >= 15 is 0 Å². The smallest absolute Gasteiger partial charge is 0.158 e. The number of alkyl halides is 1. The Labute approximate surface area is 125 Å². The molecular formula is C15H23ClN4. The van der Waals surface area contributed by atoms with Gasteiger partial charge in [0.05, 0.1) is 5.69 Å². The maximum atomic E-state index is 5.95. The third kappa shape index (κ3) is 2.34. The molecule has 3 rings (SSSR count). The van der Waals surface area contributed by atoms with E-state index in [0.717, 1.165) is 42.5 Å². The summed E-state index contributed by atoms with van der Waals surface area (Å²) in [5.74, 6) is 3.35. The van der Waals surface area contributed by atoms with Gasteiger partial charge in [0, 0.05) is 25.4 Å². The van der Waals surface area contributed by atoms with Crippen molar-refractivity contribution in [3.05, 3.63) is 11.5 Å². The van der Waals surface area contributed by atoms with Crippen molar-refractivity contribution in [3.63, 3.8) is 0 Å². The van der Waals surface area contributed by atoms with Crippen molar-refractivity contribution in [2.75, 3.05) is 5.88 Å². The first-order chi connectivity index (χ1) is 9.65. The highest BCUT2D eigenvalue weighted by Gasteiger charge is 2.29. The molecule has 1 saturated carbocycles. The molecule has 1 aliphatic rings. The molecule has 0 radical (unpaired) electrons. The largest absolute Gasteiger partial charge is 0.313 e. The Morgan fingerprint density at radius 2 is 2.15 bits per heavy atom. The van der Waals surface area contributed by atoms with Gasteiger partial charge in [-0.1, -0.05) is 6.92 Å². The first-order valence-corrected chi connectivity index (χ1v) is 8.17. The lowest BCUT2D eigenvalue weighted by Gasteiger charge is -2.15. The van der Waals surface area contributed by atoms with E-state index in [0.29, 0.717) is 11.8 Å². The Morgan fingerprint density at radius 3 is 2.75 bits per heavy atom. The second-order valence-electron chi connectivity index (χ2n) is 5.97. The third-order valence-corrected chi connectivity index (χ3v) is 4.58. The zero-order valence-corrected chi connectivity index (χ0v) is 13.3. The molecule has 0 aromatic carbocycles. The Balaban J connectivity index is 2.06.